The van der Waals surface area contributed by atoms with Gasteiger partial charge < -0.3 is 9.80 Å². The molecule has 4 nitrogen and oxygen atoms in total. The molecule has 0 aliphatic carbocycles. The Morgan fingerprint density at radius 3 is 2.65 bits per heavy atom. The van der Waals surface area contributed by atoms with Crippen molar-refractivity contribution >= 4 is 16.7 Å². The Morgan fingerprint density at radius 2 is 1.95 bits per heavy atom. The third-order valence-electron chi connectivity index (χ3n) is 4.09. The molecule has 0 amide bonds. The van der Waals surface area contributed by atoms with Crippen molar-refractivity contribution in [3.8, 4) is 0 Å². The number of hydrogen-bond donors (Lipinski definition) is 0. The molecule has 0 spiro atoms. The Labute approximate surface area is 118 Å². The van der Waals surface area contributed by atoms with Crippen molar-refractivity contribution in [3.05, 3.63) is 30.3 Å². The van der Waals surface area contributed by atoms with Crippen molar-refractivity contribution in [2.75, 3.05) is 32.1 Å². The van der Waals surface area contributed by atoms with Gasteiger partial charge in [0.15, 0.2) is 0 Å². The molecule has 0 unspecified atom stereocenters. The topological polar surface area (TPSA) is 32.3 Å². The zero-order valence-corrected chi connectivity index (χ0v) is 11.9. The van der Waals surface area contributed by atoms with E-state index in [-0.39, 0.29) is 5.82 Å². The van der Waals surface area contributed by atoms with E-state index in [2.05, 4.69) is 33.9 Å². The third kappa shape index (κ3) is 2.33. The molecule has 1 aromatic carbocycles. The Kier molecular flexibility index (Phi) is 3.53. The summed E-state index contributed by atoms with van der Waals surface area (Å²) < 4.78 is 13.8. The fourth-order valence-corrected chi connectivity index (χ4v) is 2.88. The summed E-state index contributed by atoms with van der Waals surface area (Å²) in [7, 11) is 4.24. The van der Waals surface area contributed by atoms with Gasteiger partial charge in [0.2, 0.25) is 0 Å². The van der Waals surface area contributed by atoms with Gasteiger partial charge in [-0.05, 0) is 39.1 Å². The highest BCUT2D eigenvalue weighted by Crippen LogP contribution is 2.27. The number of piperidine rings is 1. The third-order valence-corrected chi connectivity index (χ3v) is 4.09. The number of benzene rings is 1. The van der Waals surface area contributed by atoms with Crippen molar-refractivity contribution in [1.82, 2.24) is 14.9 Å². The van der Waals surface area contributed by atoms with Gasteiger partial charge in [0.1, 0.15) is 23.5 Å². The summed E-state index contributed by atoms with van der Waals surface area (Å²) in [6, 6.07) is 5.68. The first-order valence-electron chi connectivity index (χ1n) is 6.97. The molecule has 1 aromatic heterocycles. The molecular formula is C15H19FN4. The highest BCUT2D eigenvalue weighted by Gasteiger charge is 2.23. The van der Waals surface area contributed by atoms with Crippen LogP contribution in [0.25, 0.3) is 10.9 Å². The number of anilines is 1. The molecule has 1 fully saturated rings. The summed E-state index contributed by atoms with van der Waals surface area (Å²) in [6.45, 7) is 1.90. The molecule has 2 aromatic rings. The number of para-hydroxylation sites is 1. The molecule has 0 saturated carbocycles. The maximum Gasteiger partial charge on any atom is 0.149 e. The first-order chi connectivity index (χ1) is 9.66. The molecular weight excluding hydrogens is 255 g/mol. The van der Waals surface area contributed by atoms with Crippen LogP contribution >= 0.6 is 0 Å². The zero-order valence-electron chi connectivity index (χ0n) is 11.9. The summed E-state index contributed by atoms with van der Waals surface area (Å²) in [5.41, 5.74) is 0.409. The molecule has 0 radical (unpaired) electrons. The van der Waals surface area contributed by atoms with Crippen LogP contribution in [0.5, 0.6) is 0 Å². The van der Waals surface area contributed by atoms with E-state index in [4.69, 9.17) is 0 Å². The Balaban J connectivity index is 1.90. The van der Waals surface area contributed by atoms with E-state index in [1.165, 1.54) is 12.4 Å². The van der Waals surface area contributed by atoms with Crippen LogP contribution in [0.4, 0.5) is 10.2 Å². The Hall–Kier alpha value is -1.75. The van der Waals surface area contributed by atoms with Gasteiger partial charge in [-0.25, -0.2) is 14.4 Å². The van der Waals surface area contributed by atoms with Crippen molar-refractivity contribution in [1.29, 1.82) is 0 Å². The minimum absolute atomic E-state index is 0.283. The number of halogens is 1. The van der Waals surface area contributed by atoms with E-state index in [0.29, 0.717) is 11.6 Å². The lowest BCUT2D eigenvalue weighted by atomic mass is 10.0. The lowest BCUT2D eigenvalue weighted by molar-refractivity contribution is 0.249. The predicted molar refractivity (Wildman–Crippen MR) is 78.4 cm³/mol. The van der Waals surface area contributed by atoms with E-state index in [1.807, 2.05) is 6.07 Å². The number of aromatic nitrogens is 2. The highest BCUT2D eigenvalue weighted by molar-refractivity contribution is 5.89. The molecule has 2 heterocycles. The van der Waals surface area contributed by atoms with E-state index in [9.17, 15) is 4.39 Å². The standard InChI is InChI=1S/C15H19FN4/c1-19(2)11-6-8-20(9-7-11)15-12-4-3-5-13(16)14(12)17-10-18-15/h3-5,10-11H,6-9H2,1-2H3. The summed E-state index contributed by atoms with van der Waals surface area (Å²) >= 11 is 0. The first kappa shape index (κ1) is 13.2. The summed E-state index contributed by atoms with van der Waals surface area (Å²) in [6.07, 6.45) is 3.67. The van der Waals surface area contributed by atoms with E-state index in [1.54, 1.807) is 6.07 Å². The van der Waals surface area contributed by atoms with Gasteiger partial charge in [-0.15, -0.1) is 0 Å². The normalized spacial score (nSPS) is 17.1. The van der Waals surface area contributed by atoms with Crippen molar-refractivity contribution in [2.24, 2.45) is 0 Å². The number of hydrogen-bond acceptors (Lipinski definition) is 4. The minimum Gasteiger partial charge on any atom is -0.356 e. The maximum absolute atomic E-state index is 13.8. The van der Waals surface area contributed by atoms with Crippen LogP contribution in [0.2, 0.25) is 0 Å². The Morgan fingerprint density at radius 1 is 1.20 bits per heavy atom. The van der Waals surface area contributed by atoms with Crippen LogP contribution < -0.4 is 4.90 Å². The Bertz CT molecular complexity index is 606. The largest absolute Gasteiger partial charge is 0.356 e. The van der Waals surface area contributed by atoms with Crippen LogP contribution in [0.1, 0.15) is 12.8 Å². The van der Waals surface area contributed by atoms with Gasteiger partial charge >= 0.3 is 0 Å². The minimum atomic E-state index is -0.283. The number of nitrogens with zero attached hydrogens (tertiary/aromatic N) is 4. The molecule has 5 heteroatoms. The second-order valence-electron chi connectivity index (χ2n) is 5.52. The first-order valence-corrected chi connectivity index (χ1v) is 6.97. The summed E-state index contributed by atoms with van der Waals surface area (Å²) in [5, 5.41) is 0.802. The van der Waals surface area contributed by atoms with Gasteiger partial charge in [-0.1, -0.05) is 6.07 Å². The van der Waals surface area contributed by atoms with Crippen LogP contribution in [0, 0.1) is 5.82 Å². The van der Waals surface area contributed by atoms with Crippen LogP contribution in [0.3, 0.4) is 0 Å². The van der Waals surface area contributed by atoms with Gasteiger partial charge in [0.05, 0.1) is 0 Å². The average Bonchev–Trinajstić information content (AvgIpc) is 2.47. The van der Waals surface area contributed by atoms with Crippen LogP contribution in [-0.2, 0) is 0 Å². The molecule has 20 heavy (non-hydrogen) atoms. The molecule has 1 saturated heterocycles. The van der Waals surface area contributed by atoms with E-state index >= 15 is 0 Å². The predicted octanol–water partition coefficient (Wildman–Crippen LogP) is 2.30. The second-order valence-corrected chi connectivity index (χ2v) is 5.52. The van der Waals surface area contributed by atoms with Crippen molar-refractivity contribution in [2.45, 2.75) is 18.9 Å². The smallest absolute Gasteiger partial charge is 0.149 e. The molecule has 0 N–H and O–H groups in total. The van der Waals surface area contributed by atoms with E-state index < -0.39 is 0 Å². The molecule has 0 atom stereocenters. The van der Waals surface area contributed by atoms with Crippen molar-refractivity contribution < 1.29 is 4.39 Å². The lowest BCUT2D eigenvalue weighted by Crippen LogP contribution is -2.42. The lowest BCUT2D eigenvalue weighted by Gasteiger charge is -2.36. The second kappa shape index (κ2) is 5.32. The fraction of sp³-hybridized carbons (Fsp3) is 0.467. The van der Waals surface area contributed by atoms with E-state index in [0.717, 1.165) is 37.1 Å². The number of fused-ring (bicyclic) bond motifs is 1. The fourth-order valence-electron chi connectivity index (χ4n) is 2.88. The summed E-state index contributed by atoms with van der Waals surface area (Å²) in [4.78, 5) is 12.9. The molecule has 106 valence electrons. The quantitative estimate of drug-likeness (QED) is 0.841. The van der Waals surface area contributed by atoms with Crippen LogP contribution in [0.15, 0.2) is 24.5 Å². The SMILES string of the molecule is CN(C)C1CCN(c2ncnc3c(F)cccc23)CC1. The molecule has 1 aliphatic rings. The average molecular weight is 274 g/mol. The molecule has 3 rings (SSSR count). The van der Waals surface area contributed by atoms with Gasteiger partial charge in [-0.3, -0.25) is 0 Å². The zero-order chi connectivity index (χ0) is 14.1. The van der Waals surface area contributed by atoms with Crippen LogP contribution in [-0.4, -0.2) is 48.1 Å². The van der Waals surface area contributed by atoms with Crippen molar-refractivity contribution in [3.63, 3.8) is 0 Å². The monoisotopic (exact) mass is 274 g/mol. The van der Waals surface area contributed by atoms with Gasteiger partial charge in [-0.2, -0.15) is 0 Å². The van der Waals surface area contributed by atoms with Gasteiger partial charge in [0, 0.05) is 24.5 Å². The highest BCUT2D eigenvalue weighted by atomic mass is 19.1. The molecule has 1 aliphatic heterocycles. The van der Waals surface area contributed by atoms with Gasteiger partial charge in [0.25, 0.3) is 0 Å². The number of rotatable bonds is 2. The summed E-state index contributed by atoms with van der Waals surface area (Å²) in [5.74, 6) is 0.570. The maximum atomic E-state index is 13.8. The molecule has 0 bridgehead atoms.